The highest BCUT2D eigenvalue weighted by Gasteiger charge is 2.12. The van der Waals surface area contributed by atoms with E-state index >= 15 is 0 Å². The molecule has 0 saturated carbocycles. The molecule has 0 aliphatic carbocycles. The molecule has 0 saturated heterocycles. The Hall–Kier alpha value is 0.220. The molecule has 4 nitrogen and oxygen atoms in total. The van der Waals surface area contributed by atoms with Gasteiger partial charge in [-0.3, -0.25) is 4.55 Å². The molecule has 0 aliphatic rings. The zero-order chi connectivity index (χ0) is 9.07. The first kappa shape index (κ1) is 11.2. The largest absolute Gasteiger partial charge is 0.327 e. The highest BCUT2D eigenvalue weighted by Crippen LogP contribution is 2.13. The molecule has 0 fully saturated rings. The molecular formula is C5H13NO3S2. The first-order valence-corrected chi connectivity index (χ1v) is 6.14. The van der Waals surface area contributed by atoms with Crippen molar-refractivity contribution >= 4 is 19.9 Å². The second-order valence-corrected chi connectivity index (χ2v) is 6.02. The van der Waals surface area contributed by atoms with Crippen LogP contribution in [0.3, 0.4) is 0 Å². The molecule has 1 unspecified atom stereocenters. The summed E-state index contributed by atoms with van der Waals surface area (Å²) in [4.78, 5) is 0. The van der Waals surface area contributed by atoms with Crippen LogP contribution in [0.5, 0.6) is 0 Å². The second kappa shape index (κ2) is 4.30. The van der Waals surface area contributed by atoms with E-state index in [1.54, 1.807) is 0 Å². The average Bonchev–Trinajstić information content (AvgIpc) is 1.80. The van der Waals surface area contributed by atoms with Crippen molar-refractivity contribution in [3.8, 4) is 0 Å². The first-order chi connectivity index (χ1) is 4.83. The maximum absolute atomic E-state index is 10.2. The lowest BCUT2D eigenvalue weighted by Gasteiger charge is -2.12. The van der Waals surface area contributed by atoms with Gasteiger partial charge in [0.2, 0.25) is 0 Å². The maximum Gasteiger partial charge on any atom is 0.319 e. The van der Waals surface area contributed by atoms with Gasteiger partial charge in [-0.25, -0.2) is 0 Å². The van der Waals surface area contributed by atoms with Crippen molar-refractivity contribution in [2.24, 2.45) is 11.7 Å². The normalized spacial score (nSPS) is 15.4. The van der Waals surface area contributed by atoms with Gasteiger partial charge in [-0.2, -0.15) is 8.42 Å². The van der Waals surface area contributed by atoms with Crippen LogP contribution >= 0.6 is 10.8 Å². The van der Waals surface area contributed by atoms with Gasteiger partial charge in [0.05, 0.1) is 0 Å². The van der Waals surface area contributed by atoms with E-state index in [-0.39, 0.29) is 17.7 Å². The number of hydrogen-bond acceptors (Lipinski definition) is 4. The van der Waals surface area contributed by atoms with Crippen molar-refractivity contribution in [1.82, 2.24) is 0 Å². The van der Waals surface area contributed by atoms with Gasteiger partial charge in [0.25, 0.3) is 0 Å². The van der Waals surface area contributed by atoms with Gasteiger partial charge in [0.15, 0.2) is 0 Å². The smallest absolute Gasteiger partial charge is 0.319 e. The minimum Gasteiger partial charge on any atom is -0.327 e. The third-order valence-electron chi connectivity index (χ3n) is 1.27. The minimum atomic E-state index is -3.92. The fourth-order valence-corrected chi connectivity index (χ4v) is 2.06. The van der Waals surface area contributed by atoms with Gasteiger partial charge in [-0.15, -0.1) is 0 Å². The third-order valence-corrected chi connectivity index (χ3v) is 3.39. The SMILES string of the molecule is CC(C)C(N)CSS(=O)(=O)O. The van der Waals surface area contributed by atoms with Crippen molar-refractivity contribution in [2.75, 3.05) is 5.75 Å². The van der Waals surface area contributed by atoms with E-state index in [4.69, 9.17) is 10.3 Å². The summed E-state index contributed by atoms with van der Waals surface area (Å²) in [7, 11) is -3.44. The van der Waals surface area contributed by atoms with E-state index in [1.165, 1.54) is 0 Å². The molecule has 0 aromatic carbocycles. The fourth-order valence-electron chi connectivity index (χ4n) is 0.357. The van der Waals surface area contributed by atoms with Crippen molar-refractivity contribution in [3.05, 3.63) is 0 Å². The van der Waals surface area contributed by atoms with Gasteiger partial charge in [-0.05, 0) is 16.7 Å². The second-order valence-electron chi connectivity index (χ2n) is 2.62. The van der Waals surface area contributed by atoms with E-state index in [2.05, 4.69) is 0 Å². The predicted molar refractivity (Wildman–Crippen MR) is 46.8 cm³/mol. The molecule has 0 heterocycles. The first-order valence-electron chi connectivity index (χ1n) is 3.20. The summed E-state index contributed by atoms with van der Waals surface area (Å²) in [5.74, 6) is 0.459. The lowest BCUT2D eigenvalue weighted by Crippen LogP contribution is -2.29. The van der Waals surface area contributed by atoms with Crippen LogP contribution in [-0.4, -0.2) is 24.8 Å². The molecule has 1 atom stereocenters. The number of hydrogen-bond donors (Lipinski definition) is 2. The van der Waals surface area contributed by atoms with Crippen LogP contribution in [0.4, 0.5) is 0 Å². The Morgan fingerprint density at radius 1 is 1.55 bits per heavy atom. The van der Waals surface area contributed by atoms with Crippen molar-refractivity contribution < 1.29 is 13.0 Å². The van der Waals surface area contributed by atoms with E-state index in [0.717, 1.165) is 0 Å². The third kappa shape index (κ3) is 6.61. The Kier molecular flexibility index (Phi) is 4.38. The van der Waals surface area contributed by atoms with Crippen LogP contribution in [0.15, 0.2) is 0 Å². The van der Waals surface area contributed by atoms with Gasteiger partial charge in [0, 0.05) is 11.8 Å². The van der Waals surface area contributed by atoms with E-state index < -0.39 is 9.15 Å². The minimum absolute atomic E-state index is 0.193. The summed E-state index contributed by atoms with van der Waals surface area (Å²) in [6, 6.07) is -0.193. The van der Waals surface area contributed by atoms with Gasteiger partial charge < -0.3 is 5.73 Å². The van der Waals surface area contributed by atoms with Crippen molar-refractivity contribution in [1.29, 1.82) is 0 Å². The topological polar surface area (TPSA) is 80.4 Å². The summed E-state index contributed by atoms with van der Waals surface area (Å²) in [6.45, 7) is 3.80. The Morgan fingerprint density at radius 2 is 2.00 bits per heavy atom. The predicted octanol–water partition coefficient (Wildman–Crippen LogP) is 0.506. The quantitative estimate of drug-likeness (QED) is 0.509. The Morgan fingerprint density at radius 3 is 2.27 bits per heavy atom. The van der Waals surface area contributed by atoms with E-state index in [1.807, 2.05) is 13.8 Å². The fraction of sp³-hybridized carbons (Fsp3) is 1.00. The number of rotatable bonds is 4. The molecule has 0 spiro atoms. The van der Waals surface area contributed by atoms with Crippen molar-refractivity contribution in [3.63, 3.8) is 0 Å². The molecule has 0 aromatic heterocycles. The maximum atomic E-state index is 10.2. The Bertz CT molecular complexity index is 200. The van der Waals surface area contributed by atoms with Crippen molar-refractivity contribution in [2.45, 2.75) is 19.9 Å². The highest BCUT2D eigenvalue weighted by molar-refractivity contribution is 8.69. The molecule has 68 valence electrons. The van der Waals surface area contributed by atoms with Crippen LogP contribution in [0.25, 0.3) is 0 Å². The molecule has 0 aromatic rings. The van der Waals surface area contributed by atoms with Gasteiger partial charge in [0.1, 0.15) is 0 Å². The standard InChI is InChI=1S/C5H13NO3S2/c1-4(2)5(6)3-10-11(7,8)9/h4-5H,3,6H2,1-2H3,(H,7,8,9). The molecule has 0 aliphatic heterocycles. The monoisotopic (exact) mass is 199 g/mol. The zero-order valence-corrected chi connectivity index (χ0v) is 8.15. The van der Waals surface area contributed by atoms with Gasteiger partial charge >= 0.3 is 9.15 Å². The lowest BCUT2D eigenvalue weighted by molar-refractivity contribution is 0.501. The van der Waals surface area contributed by atoms with Crippen LogP contribution in [-0.2, 0) is 9.15 Å². The molecule has 0 bridgehead atoms. The molecule has 6 heteroatoms. The Balaban J connectivity index is 3.72. The van der Waals surface area contributed by atoms with Gasteiger partial charge in [-0.1, -0.05) is 13.8 Å². The molecular weight excluding hydrogens is 186 g/mol. The summed E-state index contributed by atoms with van der Waals surface area (Å²) in [6.07, 6.45) is 0. The summed E-state index contributed by atoms with van der Waals surface area (Å²) >= 11 is 0. The molecule has 3 N–H and O–H groups in total. The van der Waals surface area contributed by atoms with Crippen LogP contribution < -0.4 is 5.73 Å². The molecule has 11 heavy (non-hydrogen) atoms. The van der Waals surface area contributed by atoms with Crippen LogP contribution in [0.2, 0.25) is 0 Å². The Labute approximate surface area is 70.7 Å². The summed E-state index contributed by atoms with van der Waals surface area (Å²) in [5.41, 5.74) is 5.53. The lowest BCUT2D eigenvalue weighted by atomic mass is 10.1. The molecule has 0 radical (unpaired) electrons. The number of nitrogens with two attached hydrogens (primary N) is 1. The van der Waals surface area contributed by atoms with E-state index in [9.17, 15) is 8.42 Å². The zero-order valence-electron chi connectivity index (χ0n) is 6.52. The molecule has 0 rings (SSSR count). The summed E-state index contributed by atoms with van der Waals surface area (Å²) < 4.78 is 28.8. The van der Waals surface area contributed by atoms with E-state index in [0.29, 0.717) is 10.8 Å². The van der Waals surface area contributed by atoms with Crippen LogP contribution in [0, 0.1) is 5.92 Å². The average molecular weight is 199 g/mol. The summed E-state index contributed by atoms with van der Waals surface area (Å²) in [5, 5.41) is 0. The highest BCUT2D eigenvalue weighted by atomic mass is 33.1. The molecule has 0 amide bonds. The van der Waals surface area contributed by atoms with Crippen LogP contribution in [0.1, 0.15) is 13.8 Å².